The molecule has 2 amide bonds. The van der Waals surface area contributed by atoms with Crippen LogP contribution in [0.4, 0.5) is 0 Å². The van der Waals surface area contributed by atoms with Crippen LogP contribution in [-0.2, 0) is 19.3 Å². The number of amidine groups is 1. The highest BCUT2D eigenvalue weighted by atomic mass is 16.7. The van der Waals surface area contributed by atoms with Crippen molar-refractivity contribution in [3.8, 4) is 0 Å². The van der Waals surface area contributed by atoms with Crippen LogP contribution in [0.2, 0.25) is 0 Å². The first-order chi connectivity index (χ1) is 8.76. The van der Waals surface area contributed by atoms with Crippen LogP contribution in [-0.4, -0.2) is 55.1 Å². The molecule has 0 aromatic rings. The van der Waals surface area contributed by atoms with Gasteiger partial charge < -0.3 is 19.9 Å². The summed E-state index contributed by atoms with van der Waals surface area (Å²) in [5, 5.41) is 9.66. The molecule has 1 rings (SSSR count). The van der Waals surface area contributed by atoms with Gasteiger partial charge in [0.1, 0.15) is 12.7 Å². The van der Waals surface area contributed by atoms with Crippen molar-refractivity contribution in [1.29, 1.82) is 0 Å². The van der Waals surface area contributed by atoms with E-state index in [9.17, 15) is 9.59 Å². The summed E-state index contributed by atoms with van der Waals surface area (Å²) in [5.41, 5.74) is -0.813. The van der Waals surface area contributed by atoms with E-state index >= 15 is 0 Å². The maximum atomic E-state index is 11.9. The molecular formula is C11H18N4O4. The number of hydrogen-bond donors (Lipinski definition) is 1. The van der Waals surface area contributed by atoms with E-state index < -0.39 is 17.4 Å². The first kappa shape index (κ1) is 14.9. The number of nitrogens with zero attached hydrogens (tertiary/aromatic N) is 3. The summed E-state index contributed by atoms with van der Waals surface area (Å²) < 4.78 is 0. The highest BCUT2D eigenvalue weighted by Gasteiger charge is 2.32. The molecule has 0 atom stereocenters. The SMILES string of the molecule is CO/N=C(/C(=O)NC1=NOC(C)(C)C1)C(=O)N(C)C. The molecule has 0 saturated carbocycles. The molecule has 0 bridgehead atoms. The second kappa shape index (κ2) is 5.68. The van der Waals surface area contributed by atoms with Gasteiger partial charge in [-0.15, -0.1) is 0 Å². The second-order valence-corrected chi connectivity index (χ2v) is 4.84. The monoisotopic (exact) mass is 270 g/mol. The van der Waals surface area contributed by atoms with E-state index in [2.05, 4.69) is 20.5 Å². The number of carbonyl (C=O) groups is 2. The standard InChI is InChI=1S/C11H18N4O4/c1-11(2)6-7(13-19-11)12-9(16)8(14-18-5)10(17)15(3)4/h6H2,1-5H3,(H,12,13,16)/b14-8-. The minimum atomic E-state index is -0.680. The molecule has 0 aliphatic carbocycles. The fraction of sp³-hybridized carbons (Fsp3) is 0.636. The molecule has 1 N–H and O–H groups in total. The van der Waals surface area contributed by atoms with Gasteiger partial charge in [-0.3, -0.25) is 9.59 Å². The first-order valence-electron chi connectivity index (χ1n) is 5.66. The van der Waals surface area contributed by atoms with Crippen LogP contribution in [0.1, 0.15) is 20.3 Å². The van der Waals surface area contributed by atoms with E-state index in [1.54, 1.807) is 0 Å². The summed E-state index contributed by atoms with van der Waals surface area (Å²) in [5.74, 6) is -0.885. The van der Waals surface area contributed by atoms with Gasteiger partial charge in [0.2, 0.25) is 5.71 Å². The highest BCUT2D eigenvalue weighted by Crippen LogP contribution is 2.20. The number of rotatable bonds is 3. The average Bonchev–Trinajstić information content (AvgIpc) is 2.64. The minimum Gasteiger partial charge on any atom is -0.398 e. The number of hydrogen-bond acceptors (Lipinski definition) is 6. The van der Waals surface area contributed by atoms with E-state index in [1.807, 2.05) is 13.8 Å². The van der Waals surface area contributed by atoms with Crippen LogP contribution in [0.15, 0.2) is 10.3 Å². The Morgan fingerprint density at radius 1 is 1.47 bits per heavy atom. The van der Waals surface area contributed by atoms with Gasteiger partial charge in [-0.2, -0.15) is 0 Å². The lowest BCUT2D eigenvalue weighted by molar-refractivity contribution is -0.123. The van der Waals surface area contributed by atoms with Gasteiger partial charge in [-0.25, -0.2) is 0 Å². The Bertz CT molecular complexity index is 440. The van der Waals surface area contributed by atoms with E-state index in [1.165, 1.54) is 26.1 Å². The zero-order valence-electron chi connectivity index (χ0n) is 11.7. The molecule has 0 saturated heterocycles. The topological polar surface area (TPSA) is 92.6 Å². The van der Waals surface area contributed by atoms with E-state index in [4.69, 9.17) is 4.84 Å². The van der Waals surface area contributed by atoms with Crippen molar-refractivity contribution in [3.05, 3.63) is 0 Å². The quantitative estimate of drug-likeness (QED) is 0.433. The van der Waals surface area contributed by atoms with Gasteiger partial charge in [0.05, 0.1) is 6.42 Å². The van der Waals surface area contributed by atoms with E-state index in [0.29, 0.717) is 12.3 Å². The van der Waals surface area contributed by atoms with Crippen LogP contribution in [0.3, 0.4) is 0 Å². The smallest absolute Gasteiger partial charge is 0.284 e. The Kier molecular flexibility index (Phi) is 4.47. The van der Waals surface area contributed by atoms with Crippen molar-refractivity contribution >= 4 is 23.4 Å². The lowest BCUT2D eigenvalue weighted by Crippen LogP contribution is -2.44. The normalized spacial score (nSPS) is 17.3. The fourth-order valence-corrected chi connectivity index (χ4v) is 1.38. The average molecular weight is 270 g/mol. The molecule has 0 spiro atoms. The molecule has 1 heterocycles. The predicted molar refractivity (Wildman–Crippen MR) is 68.5 cm³/mol. The van der Waals surface area contributed by atoms with Crippen LogP contribution >= 0.6 is 0 Å². The third kappa shape index (κ3) is 3.94. The molecule has 19 heavy (non-hydrogen) atoms. The molecule has 0 radical (unpaired) electrons. The molecule has 0 fully saturated rings. The zero-order chi connectivity index (χ0) is 14.6. The Morgan fingerprint density at radius 3 is 2.53 bits per heavy atom. The van der Waals surface area contributed by atoms with Crippen molar-refractivity contribution in [2.45, 2.75) is 25.9 Å². The molecule has 0 aromatic carbocycles. The van der Waals surface area contributed by atoms with Crippen molar-refractivity contribution in [1.82, 2.24) is 10.2 Å². The Balaban J connectivity index is 2.75. The van der Waals surface area contributed by atoms with Gasteiger partial charge in [-0.1, -0.05) is 10.3 Å². The van der Waals surface area contributed by atoms with Gasteiger partial charge in [0, 0.05) is 14.1 Å². The molecule has 106 valence electrons. The van der Waals surface area contributed by atoms with Crippen molar-refractivity contribution in [2.24, 2.45) is 10.3 Å². The van der Waals surface area contributed by atoms with E-state index in [-0.39, 0.29) is 5.71 Å². The largest absolute Gasteiger partial charge is 0.398 e. The molecular weight excluding hydrogens is 252 g/mol. The van der Waals surface area contributed by atoms with Gasteiger partial charge in [0.25, 0.3) is 11.8 Å². The molecule has 8 nitrogen and oxygen atoms in total. The summed E-state index contributed by atoms with van der Waals surface area (Å²) in [7, 11) is 4.29. The maximum Gasteiger partial charge on any atom is 0.284 e. The lowest BCUT2D eigenvalue weighted by atomic mass is 10.1. The Morgan fingerprint density at radius 2 is 2.11 bits per heavy atom. The lowest BCUT2D eigenvalue weighted by Gasteiger charge is -2.13. The molecule has 0 aromatic heterocycles. The summed E-state index contributed by atoms with van der Waals surface area (Å²) in [4.78, 5) is 34.5. The Labute approximate surface area is 111 Å². The van der Waals surface area contributed by atoms with Gasteiger partial charge >= 0.3 is 0 Å². The van der Waals surface area contributed by atoms with Gasteiger partial charge in [-0.05, 0) is 13.8 Å². The summed E-state index contributed by atoms with van der Waals surface area (Å²) in [6, 6.07) is 0. The second-order valence-electron chi connectivity index (χ2n) is 4.84. The third-order valence-corrected chi connectivity index (χ3v) is 2.26. The third-order valence-electron chi connectivity index (χ3n) is 2.26. The minimum absolute atomic E-state index is 0.347. The maximum absolute atomic E-state index is 11.9. The highest BCUT2D eigenvalue weighted by molar-refractivity contribution is 6.65. The predicted octanol–water partition coefficient (Wildman–Crippen LogP) is -0.294. The van der Waals surface area contributed by atoms with E-state index in [0.717, 1.165) is 0 Å². The van der Waals surface area contributed by atoms with Gasteiger partial charge in [0.15, 0.2) is 5.84 Å². The molecule has 1 aliphatic rings. The van der Waals surface area contributed by atoms with Crippen molar-refractivity contribution in [2.75, 3.05) is 21.2 Å². The van der Waals surface area contributed by atoms with Crippen molar-refractivity contribution < 1.29 is 19.3 Å². The summed E-state index contributed by atoms with van der Waals surface area (Å²) in [6.45, 7) is 3.68. The Hall–Kier alpha value is -2.12. The number of oxime groups is 2. The van der Waals surface area contributed by atoms with Crippen LogP contribution in [0, 0.1) is 0 Å². The van der Waals surface area contributed by atoms with Crippen LogP contribution in [0.5, 0.6) is 0 Å². The zero-order valence-corrected chi connectivity index (χ0v) is 11.7. The van der Waals surface area contributed by atoms with Crippen molar-refractivity contribution in [3.63, 3.8) is 0 Å². The number of carbonyl (C=O) groups excluding carboxylic acids is 2. The first-order valence-corrected chi connectivity index (χ1v) is 5.66. The molecule has 8 heteroatoms. The van der Waals surface area contributed by atoms with Crippen LogP contribution < -0.4 is 5.32 Å². The number of amides is 2. The molecule has 1 aliphatic heterocycles. The van der Waals surface area contributed by atoms with Crippen LogP contribution in [0.25, 0.3) is 0 Å². The summed E-state index contributed by atoms with van der Waals surface area (Å²) >= 11 is 0. The molecule has 0 unspecified atom stereocenters. The summed E-state index contributed by atoms with van der Waals surface area (Å²) in [6.07, 6.45) is 0.440. The number of nitrogens with one attached hydrogen (secondary N) is 1. The fourth-order valence-electron chi connectivity index (χ4n) is 1.38.